The second kappa shape index (κ2) is 15.9. The number of carbonyl (C=O) groups is 3. The van der Waals surface area contributed by atoms with E-state index in [-0.39, 0.29) is 17.5 Å². The van der Waals surface area contributed by atoms with Crippen molar-refractivity contribution >= 4 is 46.9 Å². The topological polar surface area (TPSA) is 87.3 Å². The molecule has 1 atom stereocenters. The Balaban J connectivity index is 1.34. The molecular weight excluding hydrogens is 615 g/mol. The summed E-state index contributed by atoms with van der Waals surface area (Å²) >= 11 is 1.43. The maximum Gasteiger partial charge on any atom is 0.272 e. The van der Waals surface area contributed by atoms with E-state index in [1.807, 2.05) is 105 Å². The number of aryl methyl sites for hydroxylation is 2. The van der Waals surface area contributed by atoms with Crippen molar-refractivity contribution in [2.75, 3.05) is 10.6 Å². The summed E-state index contributed by atoms with van der Waals surface area (Å²) in [5.74, 6) is -0.585. The predicted octanol–water partition coefficient (Wildman–Crippen LogP) is 9.31. The number of nitrogens with one attached hydrogen (secondary N) is 3. The maximum absolute atomic E-state index is 13.6. The molecule has 5 rings (SSSR count). The maximum atomic E-state index is 13.6. The molecule has 7 heteroatoms. The lowest BCUT2D eigenvalue weighted by molar-refractivity contribution is -0.116. The molecule has 242 valence electrons. The number of carbonyl (C=O) groups excluding carboxylic acids is 3. The van der Waals surface area contributed by atoms with Gasteiger partial charge in [-0.1, -0.05) is 98.8 Å². The first kappa shape index (κ1) is 33.9. The van der Waals surface area contributed by atoms with E-state index in [1.54, 1.807) is 42.5 Å². The Labute approximate surface area is 286 Å². The van der Waals surface area contributed by atoms with Crippen molar-refractivity contribution in [2.24, 2.45) is 0 Å². The summed E-state index contributed by atoms with van der Waals surface area (Å²) in [4.78, 5) is 41.1. The minimum atomic E-state index is -0.503. The van der Waals surface area contributed by atoms with Gasteiger partial charge in [0.1, 0.15) is 10.9 Å². The molecule has 0 heterocycles. The van der Waals surface area contributed by atoms with Gasteiger partial charge in [0.15, 0.2) is 0 Å². The monoisotopic (exact) mass is 653 g/mol. The van der Waals surface area contributed by atoms with Crippen LogP contribution in [0.2, 0.25) is 0 Å². The summed E-state index contributed by atoms with van der Waals surface area (Å²) in [5, 5.41) is 8.33. The number of anilines is 2. The van der Waals surface area contributed by atoms with E-state index in [0.717, 1.165) is 32.8 Å². The average molecular weight is 654 g/mol. The highest BCUT2D eigenvalue weighted by atomic mass is 32.2. The van der Waals surface area contributed by atoms with Crippen molar-refractivity contribution in [1.82, 2.24) is 5.32 Å². The van der Waals surface area contributed by atoms with Crippen LogP contribution < -0.4 is 16.0 Å². The summed E-state index contributed by atoms with van der Waals surface area (Å²) in [6.45, 7) is 8.22. The SMILES string of the molecule is Cc1ccc(C)c(NC(=O)C(Sc2ccc(NC(=O)/C(=C/c3ccc(C(C)C)cc3)NC(=O)c3ccccc3)cc2)c2ccccc2)c1. The van der Waals surface area contributed by atoms with Gasteiger partial charge in [0.2, 0.25) is 5.91 Å². The van der Waals surface area contributed by atoms with Crippen molar-refractivity contribution in [3.05, 3.63) is 166 Å². The van der Waals surface area contributed by atoms with Crippen LogP contribution in [0.3, 0.4) is 0 Å². The van der Waals surface area contributed by atoms with Crippen LogP contribution in [-0.2, 0) is 9.59 Å². The number of amides is 3. The number of rotatable bonds is 11. The normalized spacial score (nSPS) is 11.9. The Hall–Kier alpha value is -5.40. The molecule has 0 aliphatic rings. The molecule has 0 aromatic heterocycles. The molecule has 0 radical (unpaired) electrons. The van der Waals surface area contributed by atoms with Gasteiger partial charge in [-0.15, -0.1) is 11.8 Å². The Morgan fingerprint density at radius 3 is 1.98 bits per heavy atom. The van der Waals surface area contributed by atoms with Crippen LogP contribution in [0.5, 0.6) is 0 Å². The van der Waals surface area contributed by atoms with E-state index in [4.69, 9.17) is 0 Å². The van der Waals surface area contributed by atoms with Crippen molar-refractivity contribution < 1.29 is 14.4 Å². The molecule has 0 spiro atoms. The molecule has 0 aliphatic heterocycles. The Bertz CT molecular complexity index is 1900. The molecule has 5 aromatic carbocycles. The fourth-order valence-corrected chi connectivity index (χ4v) is 6.03. The van der Waals surface area contributed by atoms with E-state index in [1.165, 1.54) is 17.3 Å². The third-order valence-electron chi connectivity index (χ3n) is 7.80. The first-order chi connectivity index (χ1) is 23.2. The molecule has 0 fully saturated rings. The van der Waals surface area contributed by atoms with Crippen LogP contribution in [0.1, 0.15) is 63.2 Å². The number of hydrogen-bond acceptors (Lipinski definition) is 4. The zero-order valence-electron chi connectivity index (χ0n) is 27.5. The zero-order chi connectivity index (χ0) is 34.0. The fraction of sp³-hybridized carbons (Fsp3) is 0.146. The van der Waals surface area contributed by atoms with Crippen LogP contribution in [-0.4, -0.2) is 17.7 Å². The summed E-state index contributed by atoms with van der Waals surface area (Å²) in [7, 11) is 0. The van der Waals surface area contributed by atoms with Gasteiger partial charge in [-0.25, -0.2) is 0 Å². The molecule has 0 bridgehead atoms. The summed E-state index contributed by atoms with van der Waals surface area (Å²) < 4.78 is 0. The van der Waals surface area contributed by atoms with Crippen molar-refractivity contribution in [1.29, 1.82) is 0 Å². The number of benzene rings is 5. The third-order valence-corrected chi connectivity index (χ3v) is 9.07. The van der Waals surface area contributed by atoms with E-state index >= 15 is 0 Å². The predicted molar refractivity (Wildman–Crippen MR) is 197 cm³/mol. The van der Waals surface area contributed by atoms with Gasteiger partial charge in [-0.3, -0.25) is 14.4 Å². The number of hydrogen-bond donors (Lipinski definition) is 3. The molecule has 3 amide bonds. The van der Waals surface area contributed by atoms with E-state index in [9.17, 15) is 14.4 Å². The van der Waals surface area contributed by atoms with Crippen molar-refractivity contribution in [2.45, 2.75) is 43.8 Å². The lowest BCUT2D eigenvalue weighted by Gasteiger charge is -2.18. The molecule has 5 aromatic rings. The fourth-order valence-electron chi connectivity index (χ4n) is 5.01. The molecule has 0 saturated carbocycles. The summed E-state index contributed by atoms with van der Waals surface area (Å²) in [6, 6.07) is 39.7. The van der Waals surface area contributed by atoms with E-state index < -0.39 is 11.2 Å². The smallest absolute Gasteiger partial charge is 0.272 e. The molecular formula is C41H39N3O3S. The lowest BCUT2D eigenvalue weighted by Crippen LogP contribution is -2.30. The zero-order valence-corrected chi connectivity index (χ0v) is 28.3. The van der Waals surface area contributed by atoms with Crippen LogP contribution in [0, 0.1) is 13.8 Å². The van der Waals surface area contributed by atoms with Crippen LogP contribution in [0.4, 0.5) is 11.4 Å². The molecule has 3 N–H and O–H groups in total. The Morgan fingerprint density at radius 2 is 1.33 bits per heavy atom. The highest BCUT2D eigenvalue weighted by Gasteiger charge is 2.23. The van der Waals surface area contributed by atoms with Crippen LogP contribution in [0.25, 0.3) is 6.08 Å². The highest BCUT2D eigenvalue weighted by molar-refractivity contribution is 8.00. The molecule has 6 nitrogen and oxygen atoms in total. The summed E-state index contributed by atoms with van der Waals surface area (Å²) in [6.07, 6.45) is 1.67. The second-order valence-electron chi connectivity index (χ2n) is 11.9. The van der Waals surface area contributed by atoms with Gasteiger partial charge >= 0.3 is 0 Å². The second-order valence-corrected chi connectivity index (χ2v) is 13.1. The van der Waals surface area contributed by atoms with Crippen molar-refractivity contribution in [3.63, 3.8) is 0 Å². The molecule has 0 aliphatic carbocycles. The van der Waals surface area contributed by atoms with Gasteiger partial charge in [-0.05, 0) is 96.1 Å². The van der Waals surface area contributed by atoms with Gasteiger partial charge in [-0.2, -0.15) is 0 Å². The molecule has 0 saturated heterocycles. The van der Waals surface area contributed by atoms with E-state index in [2.05, 4.69) is 29.8 Å². The minimum Gasteiger partial charge on any atom is -0.325 e. The Kier molecular flexibility index (Phi) is 11.3. The largest absolute Gasteiger partial charge is 0.325 e. The summed E-state index contributed by atoms with van der Waals surface area (Å²) in [5.41, 5.74) is 6.82. The minimum absolute atomic E-state index is 0.117. The van der Waals surface area contributed by atoms with E-state index in [0.29, 0.717) is 17.2 Å². The van der Waals surface area contributed by atoms with Crippen LogP contribution >= 0.6 is 11.8 Å². The van der Waals surface area contributed by atoms with Gasteiger partial charge in [0, 0.05) is 21.8 Å². The first-order valence-corrected chi connectivity index (χ1v) is 16.7. The standard InChI is InChI=1S/C41H39N3O3S/c1-27(2)31-19-17-30(18-20-31)26-37(44-39(45)33-13-9-6-10-14-33)40(46)42-34-21-23-35(24-22-34)48-38(32-11-7-5-8-12-32)41(47)43-36-25-28(3)15-16-29(36)4/h5-27,38H,1-4H3,(H,42,46)(H,43,47)(H,44,45)/b37-26-. The third kappa shape index (κ3) is 9.11. The molecule has 1 unspecified atom stereocenters. The molecule has 48 heavy (non-hydrogen) atoms. The van der Waals surface area contributed by atoms with Gasteiger partial charge < -0.3 is 16.0 Å². The van der Waals surface area contributed by atoms with Crippen LogP contribution in [0.15, 0.2) is 138 Å². The van der Waals surface area contributed by atoms with Gasteiger partial charge in [0.25, 0.3) is 11.8 Å². The average Bonchev–Trinajstić information content (AvgIpc) is 3.10. The number of thioether (sulfide) groups is 1. The first-order valence-electron chi connectivity index (χ1n) is 15.9. The quantitative estimate of drug-likeness (QED) is 0.0980. The van der Waals surface area contributed by atoms with Crippen molar-refractivity contribution in [3.8, 4) is 0 Å². The Morgan fingerprint density at radius 1 is 0.688 bits per heavy atom. The highest BCUT2D eigenvalue weighted by Crippen LogP contribution is 2.37. The van der Waals surface area contributed by atoms with Gasteiger partial charge in [0.05, 0.1) is 0 Å². The lowest BCUT2D eigenvalue weighted by atomic mass is 10.0.